The molecule has 0 amide bonds. The average molecular weight is 304 g/mol. The van der Waals surface area contributed by atoms with Gasteiger partial charge in [-0.3, -0.25) is 0 Å². The highest BCUT2D eigenvalue weighted by Gasteiger charge is 2.40. The maximum absolute atomic E-state index is 13.0. The molecule has 1 saturated heterocycles. The quantitative estimate of drug-likeness (QED) is 0.816. The molecular weight excluding hydrogens is 287 g/mol. The first-order valence-corrected chi connectivity index (χ1v) is 7.45. The number of benzene rings is 1. The molecule has 1 heterocycles. The monoisotopic (exact) mass is 304 g/mol. The molecule has 0 aromatic heterocycles. The van der Waals surface area contributed by atoms with Crippen molar-refractivity contribution in [3.8, 4) is 0 Å². The summed E-state index contributed by atoms with van der Waals surface area (Å²) in [6.07, 6.45) is -0.673. The first kappa shape index (κ1) is 15.2. The Kier molecular flexibility index (Phi) is 4.28. The molecule has 6 nitrogen and oxygen atoms in total. The topological polar surface area (TPSA) is 81.9 Å². The third-order valence-corrected chi connectivity index (χ3v) is 5.28. The summed E-state index contributed by atoms with van der Waals surface area (Å²) >= 11 is 0. The number of ether oxygens (including phenoxy) is 2. The Hall–Kier alpha value is -1.22. The lowest BCUT2D eigenvalue weighted by molar-refractivity contribution is -0.00461. The maximum Gasteiger partial charge on any atom is 0.245 e. The second kappa shape index (κ2) is 5.65. The number of halogens is 1. The number of anilines is 1. The van der Waals surface area contributed by atoms with Crippen LogP contribution in [0, 0.1) is 5.82 Å². The molecule has 1 aromatic carbocycles. The number of rotatable bonds is 4. The summed E-state index contributed by atoms with van der Waals surface area (Å²) in [6.45, 7) is 0.350. The highest BCUT2D eigenvalue weighted by atomic mass is 32.2. The van der Waals surface area contributed by atoms with Crippen molar-refractivity contribution in [3.63, 3.8) is 0 Å². The van der Waals surface area contributed by atoms with Crippen molar-refractivity contribution < 1.29 is 22.3 Å². The number of hydrogen-bond acceptors (Lipinski definition) is 5. The van der Waals surface area contributed by atoms with Crippen molar-refractivity contribution >= 4 is 15.7 Å². The third kappa shape index (κ3) is 2.64. The van der Waals surface area contributed by atoms with Gasteiger partial charge in [0.1, 0.15) is 10.7 Å². The van der Waals surface area contributed by atoms with Crippen LogP contribution in [-0.2, 0) is 19.5 Å². The molecule has 0 spiro atoms. The molecule has 0 radical (unpaired) electrons. The van der Waals surface area contributed by atoms with Crippen molar-refractivity contribution in [3.05, 3.63) is 24.0 Å². The molecule has 1 aliphatic rings. The van der Waals surface area contributed by atoms with E-state index in [1.54, 1.807) is 0 Å². The number of nitrogen functional groups attached to an aromatic ring is 1. The fourth-order valence-electron chi connectivity index (χ4n) is 2.25. The molecular formula is C12H17FN2O4S. The molecule has 2 rings (SSSR count). The predicted octanol–water partition coefficient (Wildman–Crippen LogP) is 0.442. The SMILES string of the molecule is COC1CN(S(=O)(=O)c2ccc(F)cc2N)CC1OC. The van der Waals surface area contributed by atoms with Crippen LogP contribution in [0.5, 0.6) is 0 Å². The molecule has 1 aliphatic heterocycles. The van der Waals surface area contributed by atoms with Gasteiger partial charge in [0, 0.05) is 27.3 Å². The van der Waals surface area contributed by atoms with Gasteiger partial charge in [0.2, 0.25) is 10.0 Å². The van der Waals surface area contributed by atoms with Crippen molar-refractivity contribution in [2.45, 2.75) is 17.1 Å². The van der Waals surface area contributed by atoms with Gasteiger partial charge in [-0.25, -0.2) is 12.8 Å². The lowest BCUT2D eigenvalue weighted by Gasteiger charge is -2.17. The highest BCUT2D eigenvalue weighted by molar-refractivity contribution is 7.89. The van der Waals surface area contributed by atoms with E-state index >= 15 is 0 Å². The summed E-state index contributed by atoms with van der Waals surface area (Å²) in [4.78, 5) is -0.106. The zero-order chi connectivity index (χ0) is 14.9. The highest BCUT2D eigenvalue weighted by Crippen LogP contribution is 2.27. The Bertz CT molecular complexity index is 581. The van der Waals surface area contributed by atoms with E-state index in [-0.39, 0.29) is 35.9 Å². The minimum Gasteiger partial charge on any atom is -0.398 e. The average Bonchev–Trinajstić information content (AvgIpc) is 2.82. The van der Waals surface area contributed by atoms with Gasteiger partial charge in [0.15, 0.2) is 0 Å². The normalized spacial score (nSPS) is 24.1. The van der Waals surface area contributed by atoms with Crippen molar-refractivity contribution in [2.24, 2.45) is 0 Å². The van der Waals surface area contributed by atoms with Gasteiger partial charge >= 0.3 is 0 Å². The molecule has 20 heavy (non-hydrogen) atoms. The lowest BCUT2D eigenvalue weighted by atomic mass is 10.3. The summed E-state index contributed by atoms with van der Waals surface area (Å²) in [6, 6.07) is 3.23. The Morgan fingerprint density at radius 2 is 1.80 bits per heavy atom. The van der Waals surface area contributed by atoms with Gasteiger partial charge in [-0.05, 0) is 18.2 Å². The van der Waals surface area contributed by atoms with E-state index in [4.69, 9.17) is 15.2 Å². The molecule has 0 saturated carbocycles. The van der Waals surface area contributed by atoms with Crippen LogP contribution in [-0.4, -0.2) is 52.2 Å². The van der Waals surface area contributed by atoms with Crippen LogP contribution >= 0.6 is 0 Å². The number of nitrogens with two attached hydrogens (primary N) is 1. The van der Waals surface area contributed by atoms with Crippen LogP contribution in [0.4, 0.5) is 10.1 Å². The van der Waals surface area contributed by atoms with Crippen LogP contribution in [0.1, 0.15) is 0 Å². The van der Waals surface area contributed by atoms with E-state index in [0.29, 0.717) is 0 Å². The summed E-state index contributed by atoms with van der Waals surface area (Å²) in [5.41, 5.74) is 5.49. The first-order valence-electron chi connectivity index (χ1n) is 6.01. The molecule has 2 atom stereocenters. The van der Waals surface area contributed by atoms with Crippen LogP contribution < -0.4 is 5.73 Å². The maximum atomic E-state index is 13.0. The number of hydrogen-bond donors (Lipinski definition) is 1. The Balaban J connectivity index is 2.32. The zero-order valence-corrected chi connectivity index (χ0v) is 12.1. The van der Waals surface area contributed by atoms with E-state index in [0.717, 1.165) is 12.1 Å². The van der Waals surface area contributed by atoms with Gasteiger partial charge < -0.3 is 15.2 Å². The van der Waals surface area contributed by atoms with E-state index in [1.807, 2.05) is 0 Å². The first-order chi connectivity index (χ1) is 9.40. The Morgan fingerprint density at radius 3 is 2.25 bits per heavy atom. The fourth-order valence-corrected chi connectivity index (χ4v) is 3.81. The van der Waals surface area contributed by atoms with Gasteiger partial charge in [0.25, 0.3) is 0 Å². The smallest absolute Gasteiger partial charge is 0.245 e. The predicted molar refractivity (Wildman–Crippen MR) is 71.2 cm³/mol. The van der Waals surface area contributed by atoms with Crippen molar-refractivity contribution in [1.29, 1.82) is 0 Å². The van der Waals surface area contributed by atoms with E-state index in [2.05, 4.69) is 0 Å². The summed E-state index contributed by atoms with van der Waals surface area (Å²) in [7, 11) is -0.792. The van der Waals surface area contributed by atoms with E-state index < -0.39 is 15.8 Å². The standard InChI is InChI=1S/C12H17FN2O4S/c1-18-10-6-15(7-11(10)19-2)20(16,17)12-4-3-8(13)5-9(12)14/h3-5,10-11H,6-7,14H2,1-2H3. The van der Waals surface area contributed by atoms with Gasteiger partial charge in [0.05, 0.1) is 17.9 Å². The summed E-state index contributed by atoms with van der Waals surface area (Å²) < 4.78 is 49.7. The minimum atomic E-state index is -3.79. The molecule has 8 heteroatoms. The Morgan fingerprint density at radius 1 is 1.25 bits per heavy atom. The largest absolute Gasteiger partial charge is 0.398 e. The molecule has 0 aliphatic carbocycles. The second-order valence-corrected chi connectivity index (χ2v) is 6.46. The molecule has 112 valence electrons. The molecule has 0 bridgehead atoms. The van der Waals surface area contributed by atoms with E-state index in [1.165, 1.54) is 24.6 Å². The molecule has 2 N–H and O–H groups in total. The number of nitrogens with zero attached hydrogens (tertiary/aromatic N) is 1. The van der Waals surface area contributed by atoms with Crippen LogP contribution in [0.15, 0.2) is 23.1 Å². The van der Waals surface area contributed by atoms with Crippen LogP contribution in [0.2, 0.25) is 0 Å². The number of methoxy groups -OCH3 is 2. The van der Waals surface area contributed by atoms with Gasteiger partial charge in [-0.2, -0.15) is 4.31 Å². The second-order valence-electron chi connectivity index (χ2n) is 4.55. The van der Waals surface area contributed by atoms with Crippen LogP contribution in [0.25, 0.3) is 0 Å². The lowest BCUT2D eigenvalue weighted by Crippen LogP contribution is -2.30. The summed E-state index contributed by atoms with van der Waals surface area (Å²) in [5, 5.41) is 0. The van der Waals surface area contributed by atoms with Gasteiger partial charge in [-0.1, -0.05) is 0 Å². The van der Waals surface area contributed by atoms with Crippen molar-refractivity contribution in [2.75, 3.05) is 33.0 Å². The minimum absolute atomic E-state index is 0.106. The van der Waals surface area contributed by atoms with Crippen molar-refractivity contribution in [1.82, 2.24) is 4.31 Å². The van der Waals surface area contributed by atoms with Gasteiger partial charge in [-0.15, -0.1) is 0 Å². The number of sulfonamides is 1. The zero-order valence-electron chi connectivity index (χ0n) is 11.2. The Labute approximate surface area is 117 Å². The molecule has 2 unspecified atom stereocenters. The summed E-state index contributed by atoms with van der Waals surface area (Å²) in [5.74, 6) is -0.576. The van der Waals surface area contributed by atoms with E-state index in [9.17, 15) is 12.8 Å². The molecule has 1 aromatic rings. The fraction of sp³-hybridized carbons (Fsp3) is 0.500. The molecule has 1 fully saturated rings. The third-order valence-electron chi connectivity index (χ3n) is 3.38. The van der Waals surface area contributed by atoms with Crippen LogP contribution in [0.3, 0.4) is 0 Å².